The Bertz CT molecular complexity index is 1170. The zero-order valence-electron chi connectivity index (χ0n) is 20.5. The summed E-state index contributed by atoms with van der Waals surface area (Å²) >= 11 is 0. The molecule has 2 aliphatic carbocycles. The summed E-state index contributed by atoms with van der Waals surface area (Å²) in [6, 6.07) is 0.101. The van der Waals surface area contributed by atoms with Crippen molar-refractivity contribution in [1.82, 2.24) is 29.7 Å². The number of ether oxygens (including phenoxy) is 2. The van der Waals surface area contributed by atoms with Gasteiger partial charge < -0.3 is 35.6 Å². The number of amides is 2. The number of piperidine rings is 1. The lowest BCUT2D eigenvalue weighted by Crippen LogP contribution is -2.43. The quantitative estimate of drug-likeness (QED) is 0.395. The predicted octanol–water partition coefficient (Wildman–Crippen LogP) is 0.107. The zero-order chi connectivity index (χ0) is 25.7. The molecular weight excluding hydrogens is 482 g/mol. The highest BCUT2D eigenvalue weighted by Crippen LogP contribution is 2.33. The highest BCUT2D eigenvalue weighted by molar-refractivity contribution is 5.83. The van der Waals surface area contributed by atoms with Gasteiger partial charge in [-0.1, -0.05) is 0 Å². The molecule has 37 heavy (non-hydrogen) atoms. The molecule has 4 fully saturated rings. The maximum Gasteiger partial charge on any atom is 0.409 e. The van der Waals surface area contributed by atoms with Gasteiger partial charge in [0, 0.05) is 25.6 Å². The zero-order valence-corrected chi connectivity index (χ0v) is 20.5. The van der Waals surface area contributed by atoms with Crippen LogP contribution in [0.3, 0.4) is 0 Å². The monoisotopic (exact) mass is 515 g/mol. The molecule has 5 N–H and O–H groups in total. The molecule has 0 radical (unpaired) electrons. The molecule has 13 heteroatoms. The van der Waals surface area contributed by atoms with E-state index in [2.05, 4.69) is 20.3 Å². The van der Waals surface area contributed by atoms with E-state index < -0.39 is 30.4 Å². The number of nitrogens with one attached hydrogen (secondary N) is 1. The van der Waals surface area contributed by atoms with E-state index >= 15 is 0 Å². The molecule has 200 valence electrons. The molecule has 0 spiro atoms. The average Bonchev–Trinajstić information content (AvgIpc) is 3.81. The van der Waals surface area contributed by atoms with Crippen LogP contribution in [-0.2, 0) is 20.7 Å². The van der Waals surface area contributed by atoms with E-state index in [-0.39, 0.29) is 23.9 Å². The number of rotatable bonds is 7. The molecule has 2 aromatic heterocycles. The molecule has 0 aromatic carbocycles. The first-order valence-corrected chi connectivity index (χ1v) is 13.1. The molecule has 4 heterocycles. The fraction of sp³-hybridized carbons (Fsp3) is 0.708. The molecule has 2 saturated carbocycles. The van der Waals surface area contributed by atoms with Crippen LogP contribution in [0, 0.1) is 11.8 Å². The Hall–Kier alpha value is -3.03. The summed E-state index contributed by atoms with van der Waals surface area (Å²) in [4.78, 5) is 39.9. The number of aliphatic hydroxyl groups excluding tert-OH is 2. The van der Waals surface area contributed by atoms with Crippen molar-refractivity contribution in [2.24, 2.45) is 11.8 Å². The summed E-state index contributed by atoms with van der Waals surface area (Å²) in [5.74, 6) is 1.09. The van der Waals surface area contributed by atoms with Crippen molar-refractivity contribution in [3.05, 3.63) is 12.2 Å². The summed E-state index contributed by atoms with van der Waals surface area (Å²) in [6.07, 6.45) is 2.45. The minimum Gasteiger partial charge on any atom is -0.449 e. The maximum atomic E-state index is 12.5. The summed E-state index contributed by atoms with van der Waals surface area (Å²) in [7, 11) is 0. The van der Waals surface area contributed by atoms with E-state index in [9.17, 15) is 19.8 Å². The van der Waals surface area contributed by atoms with Gasteiger partial charge in [0.15, 0.2) is 23.8 Å². The molecular formula is C24H33N7O6. The molecule has 6 rings (SSSR count). The maximum absolute atomic E-state index is 12.5. The Kier molecular flexibility index (Phi) is 6.37. The molecule has 2 aromatic rings. The summed E-state index contributed by atoms with van der Waals surface area (Å²) in [6.45, 7) is 1.75. The smallest absolute Gasteiger partial charge is 0.409 e. The van der Waals surface area contributed by atoms with Gasteiger partial charge in [-0.15, -0.1) is 0 Å². The largest absolute Gasteiger partial charge is 0.449 e. The highest BCUT2D eigenvalue weighted by Gasteiger charge is 2.48. The second-order valence-electron chi connectivity index (χ2n) is 10.7. The second-order valence-corrected chi connectivity index (χ2v) is 10.7. The van der Waals surface area contributed by atoms with Crippen molar-refractivity contribution in [3.8, 4) is 0 Å². The Balaban J connectivity index is 1.13. The predicted molar refractivity (Wildman–Crippen MR) is 129 cm³/mol. The Morgan fingerprint density at radius 1 is 1.08 bits per heavy atom. The van der Waals surface area contributed by atoms with Crippen molar-refractivity contribution >= 4 is 29.0 Å². The lowest BCUT2D eigenvalue weighted by Gasteiger charge is -2.31. The van der Waals surface area contributed by atoms with Gasteiger partial charge in [-0.25, -0.2) is 19.7 Å². The Morgan fingerprint density at radius 3 is 2.54 bits per heavy atom. The number of fused-ring (bicyclic) bond motifs is 1. The number of carbonyl (C=O) groups excluding carboxylic acids is 2. The van der Waals surface area contributed by atoms with Crippen LogP contribution in [0.1, 0.15) is 50.6 Å². The van der Waals surface area contributed by atoms with Gasteiger partial charge in [0.2, 0.25) is 0 Å². The van der Waals surface area contributed by atoms with Gasteiger partial charge in [-0.3, -0.25) is 9.36 Å². The summed E-state index contributed by atoms with van der Waals surface area (Å²) < 4.78 is 12.7. The molecule has 4 atom stereocenters. The SMILES string of the molecule is Nc1nc(CC2CCN(C(=O)OCC3CC3)CC2)nc2c1ncn2C1OC(C(=O)NC2CC2)C(O)C1O. The number of aromatic nitrogens is 4. The molecule has 4 aliphatic rings. The number of aliphatic hydroxyl groups is 2. The van der Waals surface area contributed by atoms with Crippen LogP contribution in [0.15, 0.2) is 6.33 Å². The minimum atomic E-state index is -1.39. The van der Waals surface area contributed by atoms with Gasteiger partial charge in [-0.2, -0.15) is 0 Å². The van der Waals surface area contributed by atoms with Crippen molar-refractivity contribution in [3.63, 3.8) is 0 Å². The lowest BCUT2D eigenvalue weighted by atomic mass is 9.93. The topological polar surface area (TPSA) is 178 Å². The normalized spacial score (nSPS) is 28.5. The van der Waals surface area contributed by atoms with E-state index in [1.807, 2.05) is 0 Å². The number of nitrogens with two attached hydrogens (primary N) is 1. The van der Waals surface area contributed by atoms with E-state index in [1.54, 1.807) is 4.90 Å². The fourth-order valence-electron chi connectivity index (χ4n) is 5.02. The number of hydrogen-bond donors (Lipinski definition) is 4. The Morgan fingerprint density at radius 2 is 1.84 bits per heavy atom. The number of imidazole rings is 1. The fourth-order valence-corrected chi connectivity index (χ4v) is 5.02. The highest BCUT2D eigenvalue weighted by atomic mass is 16.6. The molecule has 2 saturated heterocycles. The van der Waals surface area contributed by atoms with Gasteiger partial charge >= 0.3 is 6.09 Å². The van der Waals surface area contributed by atoms with E-state index in [0.717, 1.165) is 38.5 Å². The van der Waals surface area contributed by atoms with Crippen LogP contribution in [0.4, 0.5) is 10.6 Å². The number of hydrogen-bond acceptors (Lipinski definition) is 10. The van der Waals surface area contributed by atoms with Gasteiger partial charge in [0.05, 0.1) is 12.9 Å². The minimum absolute atomic E-state index is 0.101. The second kappa shape index (κ2) is 9.69. The molecule has 4 unspecified atom stereocenters. The molecule has 2 amide bonds. The standard InChI is InChI=1S/C24H33N7O6/c25-20-16-21(31(11-26-16)23-18(33)17(32)19(37-23)22(34)27-14-3-4-14)29-15(28-20)9-12-5-7-30(8-6-12)24(35)36-10-13-1-2-13/h11-14,17-19,23,32-33H,1-10H2,(H,27,34)(H2,25,28,29). The Labute approximate surface area is 213 Å². The number of anilines is 1. The molecule has 13 nitrogen and oxygen atoms in total. The third-order valence-corrected chi connectivity index (χ3v) is 7.67. The third-order valence-electron chi connectivity index (χ3n) is 7.67. The van der Waals surface area contributed by atoms with Crippen LogP contribution < -0.4 is 11.1 Å². The van der Waals surface area contributed by atoms with Crippen LogP contribution in [0.25, 0.3) is 11.2 Å². The summed E-state index contributed by atoms with van der Waals surface area (Å²) in [5.41, 5.74) is 6.90. The van der Waals surface area contributed by atoms with E-state index in [1.165, 1.54) is 10.9 Å². The number of carbonyl (C=O) groups is 2. The van der Waals surface area contributed by atoms with Crippen molar-refractivity contribution in [1.29, 1.82) is 0 Å². The third kappa shape index (κ3) is 5.07. The van der Waals surface area contributed by atoms with E-state index in [4.69, 9.17) is 15.2 Å². The molecule has 0 bridgehead atoms. The van der Waals surface area contributed by atoms with E-state index in [0.29, 0.717) is 49.0 Å². The van der Waals surface area contributed by atoms with Crippen LogP contribution in [0.2, 0.25) is 0 Å². The lowest BCUT2D eigenvalue weighted by molar-refractivity contribution is -0.137. The van der Waals surface area contributed by atoms with Gasteiger partial charge in [0.1, 0.15) is 23.5 Å². The van der Waals surface area contributed by atoms with Crippen LogP contribution >= 0.6 is 0 Å². The number of likely N-dealkylation sites (tertiary alicyclic amines) is 1. The number of nitrogen functional groups attached to an aromatic ring is 1. The first kappa shape index (κ1) is 24.3. The van der Waals surface area contributed by atoms with Crippen LogP contribution in [0.5, 0.6) is 0 Å². The summed E-state index contributed by atoms with van der Waals surface area (Å²) in [5, 5.41) is 24.0. The van der Waals surface area contributed by atoms with Gasteiger partial charge in [0.25, 0.3) is 5.91 Å². The van der Waals surface area contributed by atoms with Crippen molar-refractivity contribution < 1.29 is 29.3 Å². The average molecular weight is 516 g/mol. The number of nitrogens with zero attached hydrogens (tertiary/aromatic N) is 5. The van der Waals surface area contributed by atoms with Gasteiger partial charge in [-0.05, 0) is 50.4 Å². The first-order valence-electron chi connectivity index (χ1n) is 13.1. The van der Waals surface area contributed by atoms with Crippen molar-refractivity contribution in [2.45, 2.75) is 75.5 Å². The van der Waals surface area contributed by atoms with Crippen molar-refractivity contribution in [2.75, 3.05) is 25.4 Å². The first-order chi connectivity index (χ1) is 17.9. The molecule has 2 aliphatic heterocycles. The van der Waals surface area contributed by atoms with Crippen LogP contribution in [-0.4, -0.2) is 90.7 Å².